The third-order valence-electron chi connectivity index (χ3n) is 3.83. The van der Waals surface area contributed by atoms with Crippen LogP contribution in [0.4, 0.5) is 11.6 Å². The van der Waals surface area contributed by atoms with Crippen LogP contribution in [-0.4, -0.2) is 27.9 Å². The SMILES string of the molecule is CC(=O)Nc1ccc(-c2ccc3nc(NC(C)=O)nc(OC(C)C)c3c2)cc1. The van der Waals surface area contributed by atoms with Gasteiger partial charge in [0.05, 0.1) is 17.0 Å². The molecule has 1 heterocycles. The molecule has 0 fully saturated rings. The van der Waals surface area contributed by atoms with Gasteiger partial charge in [0, 0.05) is 19.5 Å². The lowest BCUT2D eigenvalue weighted by Gasteiger charge is -2.14. The molecular formula is C21H22N4O3. The smallest absolute Gasteiger partial charge is 0.233 e. The first-order valence-corrected chi connectivity index (χ1v) is 8.96. The average molecular weight is 378 g/mol. The Morgan fingerprint density at radius 3 is 2.14 bits per heavy atom. The van der Waals surface area contributed by atoms with Crippen molar-refractivity contribution in [1.29, 1.82) is 0 Å². The zero-order valence-electron chi connectivity index (χ0n) is 16.2. The van der Waals surface area contributed by atoms with Crippen molar-refractivity contribution < 1.29 is 14.3 Å². The van der Waals surface area contributed by atoms with E-state index in [0.717, 1.165) is 22.2 Å². The fourth-order valence-corrected chi connectivity index (χ4v) is 2.76. The van der Waals surface area contributed by atoms with Crippen molar-refractivity contribution in [3.05, 3.63) is 42.5 Å². The van der Waals surface area contributed by atoms with E-state index in [1.54, 1.807) is 0 Å². The van der Waals surface area contributed by atoms with E-state index in [4.69, 9.17) is 4.74 Å². The van der Waals surface area contributed by atoms with Gasteiger partial charge in [0.15, 0.2) is 0 Å². The summed E-state index contributed by atoms with van der Waals surface area (Å²) in [5.74, 6) is 0.273. The Labute approximate surface area is 163 Å². The average Bonchev–Trinajstić information content (AvgIpc) is 2.60. The van der Waals surface area contributed by atoms with E-state index in [1.165, 1.54) is 13.8 Å². The molecule has 7 nitrogen and oxygen atoms in total. The van der Waals surface area contributed by atoms with E-state index in [-0.39, 0.29) is 23.9 Å². The van der Waals surface area contributed by atoms with Gasteiger partial charge >= 0.3 is 0 Å². The molecule has 2 N–H and O–H groups in total. The summed E-state index contributed by atoms with van der Waals surface area (Å²) in [6.07, 6.45) is -0.0797. The van der Waals surface area contributed by atoms with Crippen molar-refractivity contribution in [2.45, 2.75) is 33.8 Å². The summed E-state index contributed by atoms with van der Waals surface area (Å²) in [5, 5.41) is 6.11. The maximum atomic E-state index is 11.4. The van der Waals surface area contributed by atoms with Crippen LogP contribution in [0.2, 0.25) is 0 Å². The molecule has 144 valence electrons. The second-order valence-corrected chi connectivity index (χ2v) is 6.69. The van der Waals surface area contributed by atoms with Gasteiger partial charge in [-0.1, -0.05) is 18.2 Å². The maximum Gasteiger partial charge on any atom is 0.233 e. The summed E-state index contributed by atoms with van der Waals surface area (Å²) in [5.41, 5.74) is 3.36. The van der Waals surface area contributed by atoms with E-state index < -0.39 is 0 Å². The maximum absolute atomic E-state index is 11.4. The summed E-state index contributed by atoms with van der Waals surface area (Å²) in [6, 6.07) is 13.3. The number of nitrogens with zero attached hydrogens (tertiary/aromatic N) is 2. The van der Waals surface area contributed by atoms with Gasteiger partial charge in [-0.2, -0.15) is 4.98 Å². The van der Waals surface area contributed by atoms with Crippen LogP contribution in [0.15, 0.2) is 42.5 Å². The van der Waals surface area contributed by atoms with Crippen LogP contribution >= 0.6 is 0 Å². The minimum absolute atomic E-state index is 0.0797. The molecule has 0 bridgehead atoms. The van der Waals surface area contributed by atoms with Crippen molar-refractivity contribution in [2.75, 3.05) is 10.6 Å². The molecule has 0 unspecified atom stereocenters. The molecule has 0 saturated carbocycles. The number of carbonyl (C=O) groups is 2. The molecule has 3 aromatic rings. The second-order valence-electron chi connectivity index (χ2n) is 6.69. The van der Waals surface area contributed by atoms with Gasteiger partial charge in [-0.3, -0.25) is 14.9 Å². The Morgan fingerprint density at radius 1 is 0.893 bits per heavy atom. The minimum atomic E-state index is -0.245. The number of fused-ring (bicyclic) bond motifs is 1. The summed E-state index contributed by atoms with van der Waals surface area (Å²) in [4.78, 5) is 31.3. The summed E-state index contributed by atoms with van der Waals surface area (Å²) in [6.45, 7) is 6.71. The lowest BCUT2D eigenvalue weighted by atomic mass is 10.0. The van der Waals surface area contributed by atoms with Gasteiger partial charge in [-0.15, -0.1) is 0 Å². The van der Waals surface area contributed by atoms with Gasteiger partial charge in [-0.25, -0.2) is 4.98 Å². The second kappa shape index (κ2) is 8.04. The van der Waals surface area contributed by atoms with Gasteiger partial charge in [-0.05, 0) is 49.2 Å². The normalized spacial score (nSPS) is 10.8. The molecule has 0 spiro atoms. The Morgan fingerprint density at radius 2 is 1.54 bits per heavy atom. The van der Waals surface area contributed by atoms with E-state index >= 15 is 0 Å². The Balaban J connectivity index is 2.03. The number of carbonyl (C=O) groups excluding carboxylic acids is 2. The van der Waals surface area contributed by atoms with Crippen LogP contribution < -0.4 is 15.4 Å². The van der Waals surface area contributed by atoms with Gasteiger partial charge < -0.3 is 10.1 Å². The standard InChI is InChI=1S/C21H22N4O3/c1-12(2)28-20-18-11-16(15-5-8-17(9-6-15)22-13(3)26)7-10-19(18)24-21(25-20)23-14(4)27/h5-12H,1-4H3,(H,22,26)(H,23,24,25,27). The van der Waals surface area contributed by atoms with E-state index in [2.05, 4.69) is 20.6 Å². The minimum Gasteiger partial charge on any atom is -0.474 e. The van der Waals surface area contributed by atoms with Gasteiger partial charge in [0.25, 0.3) is 0 Å². The van der Waals surface area contributed by atoms with Crippen molar-refractivity contribution in [1.82, 2.24) is 9.97 Å². The lowest BCUT2D eigenvalue weighted by molar-refractivity contribution is -0.115. The van der Waals surface area contributed by atoms with Gasteiger partial charge in [0.1, 0.15) is 0 Å². The molecule has 7 heteroatoms. The Kier molecular flexibility index (Phi) is 5.54. The van der Waals surface area contributed by atoms with E-state index in [1.807, 2.05) is 56.3 Å². The predicted molar refractivity (Wildman–Crippen MR) is 109 cm³/mol. The van der Waals surface area contributed by atoms with Crippen LogP contribution in [0.25, 0.3) is 22.0 Å². The quantitative estimate of drug-likeness (QED) is 0.700. The van der Waals surface area contributed by atoms with Crippen LogP contribution in [0.1, 0.15) is 27.7 Å². The highest BCUT2D eigenvalue weighted by atomic mass is 16.5. The number of anilines is 2. The molecule has 3 rings (SSSR count). The van der Waals surface area contributed by atoms with Crippen LogP contribution in [-0.2, 0) is 9.59 Å². The Hall–Kier alpha value is -3.48. The van der Waals surface area contributed by atoms with Gasteiger partial charge in [0.2, 0.25) is 23.6 Å². The third-order valence-corrected chi connectivity index (χ3v) is 3.83. The van der Waals surface area contributed by atoms with Crippen LogP contribution in [0.5, 0.6) is 5.88 Å². The van der Waals surface area contributed by atoms with Crippen molar-refractivity contribution in [3.63, 3.8) is 0 Å². The number of hydrogen-bond acceptors (Lipinski definition) is 5. The highest BCUT2D eigenvalue weighted by Gasteiger charge is 2.13. The molecule has 0 atom stereocenters. The monoisotopic (exact) mass is 378 g/mol. The zero-order chi connectivity index (χ0) is 20.3. The van der Waals surface area contributed by atoms with E-state index in [0.29, 0.717) is 11.4 Å². The van der Waals surface area contributed by atoms with E-state index in [9.17, 15) is 9.59 Å². The van der Waals surface area contributed by atoms with Crippen LogP contribution in [0, 0.1) is 0 Å². The highest BCUT2D eigenvalue weighted by molar-refractivity contribution is 5.92. The first kappa shape index (κ1) is 19.3. The Bertz CT molecular complexity index is 1030. The molecule has 0 radical (unpaired) electrons. The molecule has 0 aliphatic rings. The number of aromatic nitrogens is 2. The lowest BCUT2D eigenvalue weighted by Crippen LogP contribution is -2.12. The first-order chi connectivity index (χ1) is 13.3. The number of amides is 2. The molecule has 2 amide bonds. The fraction of sp³-hybridized carbons (Fsp3) is 0.238. The predicted octanol–water partition coefficient (Wildman–Crippen LogP) is 4.00. The largest absolute Gasteiger partial charge is 0.474 e. The third kappa shape index (κ3) is 4.62. The highest BCUT2D eigenvalue weighted by Crippen LogP contribution is 2.30. The van der Waals surface area contributed by atoms with Crippen molar-refractivity contribution in [3.8, 4) is 17.0 Å². The molecule has 0 aliphatic carbocycles. The van der Waals surface area contributed by atoms with Crippen LogP contribution in [0.3, 0.4) is 0 Å². The number of rotatable bonds is 5. The summed E-state index contributed by atoms with van der Waals surface area (Å²) in [7, 11) is 0. The summed E-state index contributed by atoms with van der Waals surface area (Å²) < 4.78 is 5.85. The number of benzene rings is 2. The molecule has 0 aliphatic heterocycles. The first-order valence-electron chi connectivity index (χ1n) is 8.96. The molecule has 28 heavy (non-hydrogen) atoms. The summed E-state index contributed by atoms with van der Waals surface area (Å²) >= 11 is 0. The fourth-order valence-electron chi connectivity index (χ4n) is 2.76. The molecule has 2 aromatic carbocycles. The van der Waals surface area contributed by atoms with Crippen molar-refractivity contribution >= 4 is 34.4 Å². The van der Waals surface area contributed by atoms with Crippen molar-refractivity contribution in [2.24, 2.45) is 0 Å². The zero-order valence-corrected chi connectivity index (χ0v) is 16.2. The molecule has 0 saturated heterocycles. The number of ether oxygens (including phenoxy) is 1. The number of hydrogen-bond donors (Lipinski definition) is 2. The number of nitrogens with one attached hydrogen (secondary N) is 2. The topological polar surface area (TPSA) is 93.2 Å². The molecule has 1 aromatic heterocycles. The molecular weight excluding hydrogens is 356 g/mol.